The molecule has 7 nitrogen and oxygen atoms in total. The van der Waals surface area contributed by atoms with Crippen LogP contribution in [-0.2, 0) is 14.6 Å². The summed E-state index contributed by atoms with van der Waals surface area (Å²) in [5.41, 5.74) is 0.412. The fraction of sp³-hybridized carbons (Fsp3) is 0.500. The van der Waals surface area contributed by atoms with Crippen molar-refractivity contribution >= 4 is 21.8 Å². The average Bonchev–Trinajstić information content (AvgIpc) is 2.55. The van der Waals surface area contributed by atoms with Gasteiger partial charge in [0.05, 0.1) is 11.5 Å². The van der Waals surface area contributed by atoms with Crippen LogP contribution >= 0.6 is 0 Å². The van der Waals surface area contributed by atoms with Crippen LogP contribution in [0.25, 0.3) is 0 Å². The number of nitrogens with zero attached hydrogens (tertiary/aromatic N) is 1. The third-order valence-electron chi connectivity index (χ3n) is 3.90. The van der Waals surface area contributed by atoms with Crippen LogP contribution < -0.4 is 5.32 Å². The van der Waals surface area contributed by atoms with Gasteiger partial charge in [-0.15, -0.1) is 0 Å². The van der Waals surface area contributed by atoms with E-state index in [4.69, 9.17) is 4.74 Å². The number of likely N-dealkylation sites (tertiary alicyclic amines) is 1. The minimum atomic E-state index is -3.27. The van der Waals surface area contributed by atoms with Crippen molar-refractivity contribution in [2.24, 2.45) is 0 Å². The Morgan fingerprint density at radius 3 is 2.29 bits per heavy atom. The molecule has 1 aromatic carbocycles. The van der Waals surface area contributed by atoms with Gasteiger partial charge in [0.15, 0.2) is 9.84 Å². The lowest BCUT2D eigenvalue weighted by Gasteiger charge is -2.31. The average molecular weight is 354 g/mol. The van der Waals surface area contributed by atoms with Crippen molar-refractivity contribution < 1.29 is 22.7 Å². The van der Waals surface area contributed by atoms with Crippen molar-refractivity contribution in [2.45, 2.75) is 30.7 Å². The van der Waals surface area contributed by atoms with Crippen molar-refractivity contribution in [3.8, 4) is 0 Å². The highest BCUT2D eigenvalue weighted by molar-refractivity contribution is 7.90. The zero-order valence-electron chi connectivity index (χ0n) is 13.8. The van der Waals surface area contributed by atoms with E-state index in [2.05, 4.69) is 5.32 Å². The lowest BCUT2D eigenvalue weighted by Crippen LogP contribution is -2.46. The maximum atomic E-state index is 12.2. The predicted octanol–water partition coefficient (Wildman–Crippen LogP) is 1.44. The maximum absolute atomic E-state index is 12.2. The summed E-state index contributed by atoms with van der Waals surface area (Å²) in [5, 5.41) is 2.92. The topological polar surface area (TPSA) is 92.8 Å². The van der Waals surface area contributed by atoms with E-state index in [1.165, 1.54) is 24.3 Å². The molecule has 0 spiro atoms. The largest absolute Gasteiger partial charge is 0.450 e. The minimum absolute atomic E-state index is 0.0160. The fourth-order valence-corrected chi connectivity index (χ4v) is 3.17. The molecule has 0 radical (unpaired) electrons. The summed E-state index contributed by atoms with van der Waals surface area (Å²) in [6.45, 7) is 3.19. The summed E-state index contributed by atoms with van der Waals surface area (Å²) in [6, 6.07) is 5.83. The normalized spacial score (nSPS) is 15.8. The maximum Gasteiger partial charge on any atom is 0.409 e. The Morgan fingerprint density at radius 2 is 1.79 bits per heavy atom. The summed E-state index contributed by atoms with van der Waals surface area (Å²) in [6.07, 6.45) is 2.12. The lowest BCUT2D eigenvalue weighted by molar-refractivity contribution is 0.0860. The quantitative estimate of drug-likeness (QED) is 0.883. The number of rotatable bonds is 4. The molecule has 0 unspecified atom stereocenters. The predicted molar refractivity (Wildman–Crippen MR) is 88.6 cm³/mol. The second-order valence-electron chi connectivity index (χ2n) is 5.73. The molecule has 0 saturated carbocycles. The number of nitrogens with one attached hydrogen (secondary N) is 1. The summed E-state index contributed by atoms with van der Waals surface area (Å²) in [7, 11) is -3.27. The van der Waals surface area contributed by atoms with Crippen LogP contribution in [0.2, 0.25) is 0 Å². The van der Waals surface area contributed by atoms with Crippen molar-refractivity contribution in [1.82, 2.24) is 10.2 Å². The van der Waals surface area contributed by atoms with Crippen LogP contribution in [0.1, 0.15) is 30.1 Å². The van der Waals surface area contributed by atoms with Gasteiger partial charge in [-0.1, -0.05) is 0 Å². The number of hydrogen-bond acceptors (Lipinski definition) is 5. The molecule has 24 heavy (non-hydrogen) atoms. The first-order chi connectivity index (χ1) is 11.3. The van der Waals surface area contributed by atoms with Gasteiger partial charge in [0.2, 0.25) is 0 Å². The molecular weight excluding hydrogens is 332 g/mol. The molecule has 0 aromatic heterocycles. The number of ether oxygens (including phenoxy) is 1. The van der Waals surface area contributed by atoms with Crippen molar-refractivity contribution in [2.75, 3.05) is 26.0 Å². The van der Waals surface area contributed by atoms with Gasteiger partial charge < -0.3 is 15.0 Å². The Morgan fingerprint density at radius 1 is 1.21 bits per heavy atom. The van der Waals surface area contributed by atoms with Crippen LogP contribution in [0.5, 0.6) is 0 Å². The number of carbonyl (C=O) groups excluding carboxylic acids is 2. The van der Waals surface area contributed by atoms with Gasteiger partial charge in [0.1, 0.15) is 0 Å². The van der Waals surface area contributed by atoms with E-state index < -0.39 is 9.84 Å². The number of benzene rings is 1. The molecular formula is C16H22N2O5S. The minimum Gasteiger partial charge on any atom is -0.450 e. The third-order valence-corrected chi connectivity index (χ3v) is 5.03. The van der Waals surface area contributed by atoms with E-state index in [1.807, 2.05) is 0 Å². The summed E-state index contributed by atoms with van der Waals surface area (Å²) < 4.78 is 27.8. The Hall–Kier alpha value is -2.09. The molecule has 1 saturated heterocycles. The molecule has 0 aliphatic carbocycles. The van der Waals surface area contributed by atoms with E-state index >= 15 is 0 Å². The van der Waals surface area contributed by atoms with Gasteiger partial charge in [-0.25, -0.2) is 13.2 Å². The molecule has 1 fully saturated rings. The van der Waals surface area contributed by atoms with Gasteiger partial charge in [-0.3, -0.25) is 4.79 Å². The van der Waals surface area contributed by atoms with Gasteiger partial charge in [0, 0.05) is 31.0 Å². The fourth-order valence-electron chi connectivity index (χ4n) is 2.54. The Kier molecular flexibility index (Phi) is 5.82. The van der Waals surface area contributed by atoms with Gasteiger partial charge >= 0.3 is 6.09 Å². The number of sulfone groups is 1. The molecule has 132 valence electrons. The second-order valence-corrected chi connectivity index (χ2v) is 7.75. The molecule has 0 atom stereocenters. The van der Waals surface area contributed by atoms with Gasteiger partial charge in [-0.05, 0) is 44.0 Å². The zero-order valence-corrected chi connectivity index (χ0v) is 14.6. The first-order valence-electron chi connectivity index (χ1n) is 7.84. The molecule has 1 aromatic rings. The highest BCUT2D eigenvalue weighted by Gasteiger charge is 2.24. The molecule has 1 N–H and O–H groups in total. The van der Waals surface area contributed by atoms with E-state index in [0.717, 1.165) is 6.26 Å². The highest BCUT2D eigenvalue weighted by Crippen LogP contribution is 2.14. The molecule has 2 rings (SSSR count). The van der Waals surface area contributed by atoms with Gasteiger partial charge in [0.25, 0.3) is 5.91 Å². The Balaban J connectivity index is 1.88. The summed E-state index contributed by atoms with van der Waals surface area (Å²) in [5.74, 6) is -0.246. The number of carbonyl (C=O) groups is 2. The Labute approximate surface area is 141 Å². The molecule has 1 aliphatic rings. The van der Waals surface area contributed by atoms with Crippen LogP contribution in [0.3, 0.4) is 0 Å². The molecule has 2 amide bonds. The highest BCUT2D eigenvalue weighted by atomic mass is 32.2. The van der Waals surface area contributed by atoms with Crippen LogP contribution in [-0.4, -0.2) is 57.3 Å². The monoisotopic (exact) mass is 354 g/mol. The van der Waals surface area contributed by atoms with Crippen LogP contribution in [0, 0.1) is 0 Å². The third kappa shape index (κ3) is 4.70. The Bertz CT molecular complexity index is 692. The zero-order chi connectivity index (χ0) is 17.7. The standard InChI is InChI=1S/C16H22N2O5S/c1-3-23-16(20)18-10-8-13(9-11-18)17-15(19)12-4-6-14(7-5-12)24(2,21)22/h4-7,13H,3,8-11H2,1-2H3,(H,17,19). The summed E-state index contributed by atoms with van der Waals surface area (Å²) in [4.78, 5) is 25.7. The van der Waals surface area contributed by atoms with Crippen molar-refractivity contribution in [3.05, 3.63) is 29.8 Å². The van der Waals surface area contributed by atoms with Crippen molar-refractivity contribution in [1.29, 1.82) is 0 Å². The van der Waals surface area contributed by atoms with Crippen LogP contribution in [0.15, 0.2) is 29.2 Å². The van der Waals surface area contributed by atoms with E-state index in [9.17, 15) is 18.0 Å². The molecule has 1 heterocycles. The molecule has 1 aliphatic heterocycles. The van der Waals surface area contributed by atoms with E-state index in [0.29, 0.717) is 38.1 Å². The first-order valence-corrected chi connectivity index (χ1v) is 9.73. The first kappa shape index (κ1) is 18.3. The molecule has 0 bridgehead atoms. The SMILES string of the molecule is CCOC(=O)N1CCC(NC(=O)c2ccc(S(C)(=O)=O)cc2)CC1. The smallest absolute Gasteiger partial charge is 0.409 e. The second kappa shape index (κ2) is 7.65. The van der Waals surface area contributed by atoms with Crippen molar-refractivity contribution in [3.63, 3.8) is 0 Å². The summed E-state index contributed by atoms with van der Waals surface area (Å²) >= 11 is 0. The van der Waals surface area contributed by atoms with Crippen LogP contribution in [0.4, 0.5) is 4.79 Å². The number of piperidine rings is 1. The van der Waals surface area contributed by atoms with Gasteiger partial charge in [-0.2, -0.15) is 0 Å². The van der Waals surface area contributed by atoms with E-state index in [1.54, 1.807) is 11.8 Å². The lowest BCUT2D eigenvalue weighted by atomic mass is 10.0. The molecule has 8 heteroatoms. The number of amides is 2. The number of hydrogen-bond donors (Lipinski definition) is 1. The van der Waals surface area contributed by atoms with E-state index in [-0.39, 0.29) is 22.9 Å².